The average molecular weight is 621 g/mol. The first-order chi connectivity index (χ1) is 19.8. The van der Waals surface area contributed by atoms with Crippen molar-refractivity contribution in [1.82, 2.24) is 4.90 Å². The Kier molecular flexibility index (Phi) is 13.2. The molecule has 14 atom stereocenters. The van der Waals surface area contributed by atoms with Crippen molar-refractivity contribution in [3.8, 4) is 0 Å². The predicted molar refractivity (Wildman–Crippen MR) is 154 cm³/mol. The fourth-order valence-corrected chi connectivity index (χ4v) is 6.33. The van der Waals surface area contributed by atoms with Gasteiger partial charge in [0, 0.05) is 36.6 Å². The van der Waals surface area contributed by atoms with E-state index in [1.165, 1.54) is 27.9 Å². The molecule has 0 aromatic heterocycles. The van der Waals surface area contributed by atoms with Crippen LogP contribution in [0.1, 0.15) is 67.7 Å². The quantitative estimate of drug-likeness (QED) is 0.204. The predicted octanol–water partition coefficient (Wildman–Crippen LogP) is 1.51. The molecule has 2 aliphatic heterocycles. The SMILES string of the molecule is CO[C@]1(C)C[C@H](O[C@@H]([C@H](C)[C@@H](O[C@@H]2O[C@H](C)C[C@H](N(C)C)C2O)[C@](C)(O)C[C@@H](C)C(=O)N=O)[C@@H](C)C(=O)O)O[C@@H](C)[C@@H]1O. The molecule has 2 heterocycles. The van der Waals surface area contributed by atoms with Gasteiger partial charge in [-0.1, -0.05) is 13.8 Å². The molecule has 0 aromatic rings. The molecular weight excluding hydrogens is 568 g/mol. The zero-order valence-electron chi connectivity index (χ0n) is 27.0. The van der Waals surface area contributed by atoms with Gasteiger partial charge in [0.2, 0.25) is 0 Å². The summed E-state index contributed by atoms with van der Waals surface area (Å²) < 4.78 is 30.1. The Morgan fingerprint density at radius 3 is 2.26 bits per heavy atom. The van der Waals surface area contributed by atoms with E-state index < -0.39 is 83.9 Å². The number of aliphatic hydroxyl groups excluding tert-OH is 2. The second-order valence-corrected chi connectivity index (χ2v) is 13.0. The van der Waals surface area contributed by atoms with E-state index in [1.54, 1.807) is 20.8 Å². The number of carboxylic acid groups (broad SMARTS) is 1. The maximum Gasteiger partial charge on any atom is 0.308 e. The Hall–Kier alpha value is -1.62. The lowest BCUT2D eigenvalue weighted by molar-refractivity contribution is -0.317. The number of ether oxygens (including phenoxy) is 5. The highest BCUT2D eigenvalue weighted by atomic mass is 16.7. The highest BCUT2D eigenvalue weighted by Gasteiger charge is 2.51. The number of carboxylic acids is 1. The Bertz CT molecular complexity index is 950. The second-order valence-electron chi connectivity index (χ2n) is 13.0. The van der Waals surface area contributed by atoms with Crippen LogP contribution in [0, 0.1) is 22.7 Å². The molecule has 2 rings (SSSR count). The van der Waals surface area contributed by atoms with E-state index in [4.69, 9.17) is 23.7 Å². The zero-order chi connectivity index (χ0) is 33.0. The summed E-state index contributed by atoms with van der Waals surface area (Å²) in [6.45, 7) is 11.1. The molecule has 4 N–H and O–H groups in total. The Morgan fingerprint density at radius 2 is 1.74 bits per heavy atom. The molecule has 1 amide bonds. The molecule has 0 spiro atoms. The van der Waals surface area contributed by atoms with Gasteiger partial charge in [-0.3, -0.25) is 9.59 Å². The van der Waals surface area contributed by atoms with E-state index in [2.05, 4.69) is 5.18 Å². The lowest BCUT2D eigenvalue weighted by Crippen LogP contribution is -2.60. The minimum absolute atomic E-state index is 0.0789. The topological polar surface area (TPSA) is 194 Å². The van der Waals surface area contributed by atoms with Crippen molar-refractivity contribution in [3.05, 3.63) is 4.91 Å². The number of nitrogens with zero attached hydrogens (tertiary/aromatic N) is 2. The molecular formula is C29H52N2O12. The number of rotatable bonds is 14. The first-order valence-electron chi connectivity index (χ1n) is 14.8. The van der Waals surface area contributed by atoms with E-state index in [-0.39, 0.29) is 25.0 Å². The Labute approximate surface area is 253 Å². The number of carbonyl (C=O) groups excluding carboxylic acids is 1. The number of carbonyl (C=O) groups is 2. The molecule has 2 saturated heterocycles. The molecule has 43 heavy (non-hydrogen) atoms. The van der Waals surface area contributed by atoms with E-state index in [9.17, 15) is 34.9 Å². The normalized spacial score (nSPS) is 36.7. The third-order valence-electron chi connectivity index (χ3n) is 9.06. The van der Waals surface area contributed by atoms with Gasteiger partial charge in [0.05, 0.1) is 41.5 Å². The molecule has 0 bridgehead atoms. The van der Waals surface area contributed by atoms with Crippen LogP contribution in [0.25, 0.3) is 0 Å². The first-order valence-corrected chi connectivity index (χ1v) is 14.8. The molecule has 2 aliphatic rings. The summed E-state index contributed by atoms with van der Waals surface area (Å²) in [5.41, 5.74) is -2.90. The summed E-state index contributed by atoms with van der Waals surface area (Å²) in [5.74, 6) is -5.18. The molecule has 0 saturated carbocycles. The fraction of sp³-hybridized carbons (Fsp3) is 0.931. The van der Waals surface area contributed by atoms with Gasteiger partial charge >= 0.3 is 5.97 Å². The van der Waals surface area contributed by atoms with Gasteiger partial charge in [0.25, 0.3) is 5.91 Å². The van der Waals surface area contributed by atoms with Crippen LogP contribution < -0.4 is 0 Å². The first kappa shape index (κ1) is 37.6. The van der Waals surface area contributed by atoms with Gasteiger partial charge in [-0.2, -0.15) is 0 Å². The molecule has 250 valence electrons. The summed E-state index contributed by atoms with van der Waals surface area (Å²) in [6, 6.07) is -0.338. The fourth-order valence-electron chi connectivity index (χ4n) is 6.33. The van der Waals surface area contributed by atoms with Gasteiger partial charge in [0.15, 0.2) is 12.6 Å². The van der Waals surface area contributed by atoms with Crippen LogP contribution in [0.2, 0.25) is 0 Å². The number of hydrogen-bond donors (Lipinski definition) is 4. The van der Waals surface area contributed by atoms with Crippen LogP contribution in [-0.2, 0) is 33.3 Å². The standard InChI is InChI=1S/C29H52N2O12/c1-14(25(34)30-38)12-28(6,37)24(43-27-21(32)19(31(8)9)11-15(2)40-27)16(3)22(17(4)26(35)36)42-20-13-29(7,39-10)23(33)18(5)41-20/h14-24,27,32-33,37H,11-13H2,1-10H3,(H,35,36)/t14-,15-,16+,17-,18+,19+,20+,21?,22+,23+,24-,27+,28-,29-/m1/s1. The van der Waals surface area contributed by atoms with Crippen LogP contribution >= 0.6 is 0 Å². The van der Waals surface area contributed by atoms with Crippen molar-refractivity contribution in [3.63, 3.8) is 0 Å². The third-order valence-corrected chi connectivity index (χ3v) is 9.06. The average Bonchev–Trinajstić information content (AvgIpc) is 2.92. The highest BCUT2D eigenvalue weighted by Crippen LogP contribution is 2.39. The van der Waals surface area contributed by atoms with Crippen molar-refractivity contribution in [2.24, 2.45) is 22.9 Å². The number of methoxy groups -OCH3 is 1. The van der Waals surface area contributed by atoms with Crippen LogP contribution in [0.4, 0.5) is 0 Å². The maximum absolute atomic E-state index is 12.3. The van der Waals surface area contributed by atoms with Crippen molar-refractivity contribution < 1.29 is 53.7 Å². The van der Waals surface area contributed by atoms with Crippen LogP contribution in [0.5, 0.6) is 0 Å². The molecule has 14 nitrogen and oxygen atoms in total. The van der Waals surface area contributed by atoms with Gasteiger partial charge < -0.3 is 49.0 Å². The lowest BCUT2D eigenvalue weighted by atomic mass is 9.77. The van der Waals surface area contributed by atoms with Crippen LogP contribution in [0.15, 0.2) is 5.18 Å². The van der Waals surface area contributed by atoms with Crippen molar-refractivity contribution in [2.45, 2.75) is 134 Å². The smallest absolute Gasteiger partial charge is 0.308 e. The number of amides is 1. The summed E-state index contributed by atoms with van der Waals surface area (Å²) in [6.07, 6.45) is -7.40. The number of likely N-dealkylation sites (N-methyl/N-ethyl adjacent to an activating group) is 1. The molecule has 14 heteroatoms. The van der Waals surface area contributed by atoms with Crippen molar-refractivity contribution in [2.75, 3.05) is 21.2 Å². The molecule has 0 aromatic carbocycles. The summed E-state index contributed by atoms with van der Waals surface area (Å²) in [7, 11) is 5.08. The van der Waals surface area contributed by atoms with Gasteiger partial charge in [-0.15, -0.1) is 4.91 Å². The summed E-state index contributed by atoms with van der Waals surface area (Å²) >= 11 is 0. The third kappa shape index (κ3) is 8.98. The monoisotopic (exact) mass is 620 g/mol. The molecule has 0 radical (unpaired) electrons. The maximum atomic E-state index is 12.3. The number of aliphatic carboxylic acids is 1. The van der Waals surface area contributed by atoms with E-state index in [0.29, 0.717) is 6.42 Å². The molecule has 1 unspecified atom stereocenters. The van der Waals surface area contributed by atoms with Crippen molar-refractivity contribution >= 4 is 11.9 Å². The molecule has 2 fully saturated rings. The Morgan fingerprint density at radius 1 is 1.14 bits per heavy atom. The minimum atomic E-state index is -1.85. The lowest BCUT2D eigenvalue weighted by Gasteiger charge is -2.48. The van der Waals surface area contributed by atoms with E-state index in [1.807, 2.05) is 25.9 Å². The summed E-state index contributed by atoms with van der Waals surface area (Å²) in [5, 5.41) is 46.2. The zero-order valence-corrected chi connectivity index (χ0v) is 27.0. The minimum Gasteiger partial charge on any atom is -0.481 e. The van der Waals surface area contributed by atoms with Crippen LogP contribution in [-0.4, -0.2) is 125 Å². The largest absolute Gasteiger partial charge is 0.481 e. The number of aliphatic hydroxyl groups is 3. The second kappa shape index (κ2) is 15.1. The highest BCUT2D eigenvalue weighted by molar-refractivity contribution is 5.78. The Balaban J connectivity index is 2.53. The van der Waals surface area contributed by atoms with Crippen LogP contribution in [0.3, 0.4) is 0 Å². The van der Waals surface area contributed by atoms with E-state index in [0.717, 1.165) is 0 Å². The number of hydrogen-bond acceptors (Lipinski definition) is 12. The van der Waals surface area contributed by atoms with Crippen molar-refractivity contribution in [1.29, 1.82) is 0 Å². The summed E-state index contributed by atoms with van der Waals surface area (Å²) in [4.78, 5) is 37.2. The van der Waals surface area contributed by atoms with E-state index >= 15 is 0 Å². The number of nitroso groups, excluding NO2 is 1. The molecule has 0 aliphatic carbocycles. The van der Waals surface area contributed by atoms with Gasteiger partial charge in [0.1, 0.15) is 12.2 Å². The van der Waals surface area contributed by atoms with Gasteiger partial charge in [-0.25, -0.2) is 0 Å². The van der Waals surface area contributed by atoms with Gasteiger partial charge in [-0.05, 0) is 61.6 Å².